The van der Waals surface area contributed by atoms with Crippen LogP contribution in [0.15, 0.2) is 16.7 Å². The zero-order chi connectivity index (χ0) is 13.8. The number of nitrogens with zero attached hydrogens (tertiary/aromatic N) is 3. The molecule has 2 rings (SSSR count). The van der Waals surface area contributed by atoms with E-state index in [1.807, 2.05) is 0 Å². The van der Waals surface area contributed by atoms with Gasteiger partial charge in [-0.2, -0.15) is 0 Å². The van der Waals surface area contributed by atoms with Gasteiger partial charge < -0.3 is 10.6 Å². The zero-order valence-corrected chi connectivity index (χ0v) is 12.2. The summed E-state index contributed by atoms with van der Waals surface area (Å²) in [6.45, 7) is 1.57. The van der Waals surface area contributed by atoms with Gasteiger partial charge in [-0.3, -0.25) is 10.1 Å². The average Bonchev–Trinajstić information content (AvgIpc) is 2.40. The molecule has 1 saturated heterocycles. The Balaban J connectivity index is 2.26. The molecule has 1 aromatic rings. The van der Waals surface area contributed by atoms with Crippen LogP contribution in [0, 0.1) is 10.1 Å². The first kappa shape index (κ1) is 14.2. The molecule has 1 aliphatic rings. The largest absolute Gasteiger partial charge is 0.353 e. The molecule has 0 amide bonds. The summed E-state index contributed by atoms with van der Waals surface area (Å²) in [5, 5.41) is 10.7. The second-order valence-electron chi connectivity index (χ2n) is 4.68. The van der Waals surface area contributed by atoms with Crippen LogP contribution in [0.25, 0.3) is 0 Å². The van der Waals surface area contributed by atoms with Crippen LogP contribution in [-0.4, -0.2) is 29.0 Å². The summed E-state index contributed by atoms with van der Waals surface area (Å²) in [6, 6.07) is 1.89. The third-order valence-electron chi connectivity index (χ3n) is 3.42. The Labute approximate surface area is 120 Å². The summed E-state index contributed by atoms with van der Waals surface area (Å²) >= 11 is 3.39. The van der Waals surface area contributed by atoms with Crippen molar-refractivity contribution >= 4 is 27.4 Å². The monoisotopic (exact) mass is 328 g/mol. The Morgan fingerprint density at radius 2 is 2.37 bits per heavy atom. The van der Waals surface area contributed by atoms with E-state index in [9.17, 15) is 10.1 Å². The second-order valence-corrected chi connectivity index (χ2v) is 5.53. The number of rotatable bonds is 4. The Hall–Kier alpha value is -1.21. The quantitative estimate of drug-likeness (QED) is 0.677. The molecule has 1 fully saturated rings. The lowest BCUT2D eigenvalue weighted by molar-refractivity contribution is -0.385. The standard InChI is InChI=1S/C12H17BrN4O2/c13-11-7-10(17(18)19)8-15-12(11)16-6-2-1-3-9(16)4-5-14/h7-9H,1-6,14H2. The van der Waals surface area contributed by atoms with Crippen LogP contribution in [0.1, 0.15) is 25.7 Å². The van der Waals surface area contributed by atoms with E-state index < -0.39 is 4.92 Å². The van der Waals surface area contributed by atoms with Gasteiger partial charge >= 0.3 is 0 Å². The first-order chi connectivity index (χ1) is 9.13. The van der Waals surface area contributed by atoms with Crippen LogP contribution in [0.4, 0.5) is 11.5 Å². The summed E-state index contributed by atoms with van der Waals surface area (Å²) < 4.78 is 0.672. The van der Waals surface area contributed by atoms with Crippen molar-refractivity contribution in [3.05, 3.63) is 26.9 Å². The van der Waals surface area contributed by atoms with Gasteiger partial charge in [0.25, 0.3) is 5.69 Å². The van der Waals surface area contributed by atoms with Crippen molar-refractivity contribution in [3.63, 3.8) is 0 Å². The molecule has 104 valence electrons. The Kier molecular flexibility index (Phi) is 4.71. The Morgan fingerprint density at radius 1 is 1.58 bits per heavy atom. The van der Waals surface area contributed by atoms with Crippen LogP contribution >= 0.6 is 15.9 Å². The fourth-order valence-corrected chi connectivity index (χ4v) is 3.07. The molecular formula is C12H17BrN4O2. The summed E-state index contributed by atoms with van der Waals surface area (Å²) in [5.41, 5.74) is 5.66. The summed E-state index contributed by atoms with van der Waals surface area (Å²) in [5.74, 6) is 0.781. The van der Waals surface area contributed by atoms with Crippen LogP contribution < -0.4 is 10.6 Å². The van der Waals surface area contributed by atoms with E-state index in [1.165, 1.54) is 18.7 Å². The second kappa shape index (κ2) is 6.29. The molecule has 0 aromatic carbocycles. The van der Waals surface area contributed by atoms with E-state index in [2.05, 4.69) is 25.8 Å². The minimum Gasteiger partial charge on any atom is -0.353 e. The van der Waals surface area contributed by atoms with Gasteiger partial charge in [-0.05, 0) is 48.2 Å². The van der Waals surface area contributed by atoms with Crippen molar-refractivity contribution in [2.24, 2.45) is 5.73 Å². The topological polar surface area (TPSA) is 85.3 Å². The minimum absolute atomic E-state index is 0.00279. The highest BCUT2D eigenvalue weighted by molar-refractivity contribution is 9.10. The number of piperidine rings is 1. The van der Waals surface area contributed by atoms with Gasteiger partial charge in [-0.25, -0.2) is 4.98 Å². The summed E-state index contributed by atoms with van der Waals surface area (Å²) in [6.07, 6.45) is 5.65. The maximum absolute atomic E-state index is 10.7. The molecule has 0 aliphatic carbocycles. The fraction of sp³-hybridized carbons (Fsp3) is 0.583. The van der Waals surface area contributed by atoms with Gasteiger partial charge in [0.1, 0.15) is 12.0 Å². The number of aromatic nitrogens is 1. The molecule has 2 N–H and O–H groups in total. The van der Waals surface area contributed by atoms with E-state index in [4.69, 9.17) is 5.73 Å². The van der Waals surface area contributed by atoms with E-state index in [0.29, 0.717) is 17.1 Å². The van der Waals surface area contributed by atoms with Gasteiger partial charge in [0.05, 0.1) is 9.40 Å². The van der Waals surface area contributed by atoms with Crippen LogP contribution in [0.2, 0.25) is 0 Å². The van der Waals surface area contributed by atoms with E-state index in [0.717, 1.165) is 31.6 Å². The highest BCUT2D eigenvalue weighted by Gasteiger charge is 2.25. The molecule has 7 heteroatoms. The van der Waals surface area contributed by atoms with Crippen molar-refractivity contribution in [2.45, 2.75) is 31.7 Å². The predicted octanol–water partition coefficient (Wildman–Crippen LogP) is 2.46. The molecule has 2 heterocycles. The van der Waals surface area contributed by atoms with Gasteiger partial charge in [0, 0.05) is 18.7 Å². The first-order valence-corrected chi connectivity index (χ1v) is 7.19. The minimum atomic E-state index is -0.435. The maximum Gasteiger partial charge on any atom is 0.288 e. The van der Waals surface area contributed by atoms with E-state index in [1.54, 1.807) is 0 Å². The van der Waals surface area contributed by atoms with Gasteiger partial charge in [0.15, 0.2) is 0 Å². The average molecular weight is 329 g/mol. The number of nitrogens with two attached hydrogens (primary N) is 1. The number of anilines is 1. The van der Waals surface area contributed by atoms with Crippen LogP contribution in [-0.2, 0) is 0 Å². The predicted molar refractivity (Wildman–Crippen MR) is 77.2 cm³/mol. The lowest BCUT2D eigenvalue weighted by Gasteiger charge is -2.37. The highest BCUT2D eigenvalue weighted by Crippen LogP contribution is 2.32. The maximum atomic E-state index is 10.7. The smallest absolute Gasteiger partial charge is 0.288 e. The first-order valence-electron chi connectivity index (χ1n) is 6.40. The van der Waals surface area contributed by atoms with Crippen LogP contribution in [0.3, 0.4) is 0 Å². The third-order valence-corrected chi connectivity index (χ3v) is 4.00. The molecule has 0 spiro atoms. The number of nitro groups is 1. The molecule has 0 saturated carbocycles. The number of hydrogen-bond acceptors (Lipinski definition) is 5. The molecular weight excluding hydrogens is 312 g/mol. The van der Waals surface area contributed by atoms with Crippen molar-refractivity contribution in [3.8, 4) is 0 Å². The van der Waals surface area contributed by atoms with Crippen molar-refractivity contribution in [1.29, 1.82) is 0 Å². The van der Waals surface area contributed by atoms with Crippen molar-refractivity contribution in [2.75, 3.05) is 18.0 Å². The molecule has 0 radical (unpaired) electrons. The molecule has 19 heavy (non-hydrogen) atoms. The normalized spacial score (nSPS) is 19.5. The molecule has 1 aliphatic heterocycles. The van der Waals surface area contributed by atoms with E-state index in [-0.39, 0.29) is 5.69 Å². The number of hydrogen-bond donors (Lipinski definition) is 1. The third kappa shape index (κ3) is 3.22. The van der Waals surface area contributed by atoms with Gasteiger partial charge in [-0.1, -0.05) is 0 Å². The lowest BCUT2D eigenvalue weighted by atomic mass is 9.99. The summed E-state index contributed by atoms with van der Waals surface area (Å²) in [7, 11) is 0. The van der Waals surface area contributed by atoms with Gasteiger partial charge in [0.2, 0.25) is 0 Å². The Morgan fingerprint density at radius 3 is 3.00 bits per heavy atom. The van der Waals surface area contributed by atoms with Gasteiger partial charge in [-0.15, -0.1) is 0 Å². The molecule has 6 nitrogen and oxygen atoms in total. The molecule has 1 aromatic heterocycles. The zero-order valence-electron chi connectivity index (χ0n) is 10.6. The SMILES string of the molecule is NCCC1CCCCN1c1ncc([N+](=O)[O-])cc1Br. The fourth-order valence-electron chi connectivity index (χ4n) is 2.50. The Bertz CT molecular complexity index is 467. The highest BCUT2D eigenvalue weighted by atomic mass is 79.9. The van der Waals surface area contributed by atoms with Crippen LogP contribution in [0.5, 0.6) is 0 Å². The van der Waals surface area contributed by atoms with E-state index >= 15 is 0 Å². The molecule has 1 atom stereocenters. The molecule has 1 unspecified atom stereocenters. The van der Waals surface area contributed by atoms with Crippen molar-refractivity contribution in [1.82, 2.24) is 4.98 Å². The lowest BCUT2D eigenvalue weighted by Crippen LogP contribution is -2.41. The van der Waals surface area contributed by atoms with Crippen molar-refractivity contribution < 1.29 is 4.92 Å². The number of pyridine rings is 1. The number of halogens is 1. The molecule has 0 bridgehead atoms. The summed E-state index contributed by atoms with van der Waals surface area (Å²) in [4.78, 5) is 16.8.